The number of aromatic nitrogens is 2. The van der Waals surface area contributed by atoms with Crippen LogP contribution in [0, 0.1) is 0 Å². The number of nitrogens with zero attached hydrogens (tertiary/aromatic N) is 2. The maximum absolute atomic E-state index is 4.35. The number of thiophene rings is 1. The van der Waals surface area contributed by atoms with Gasteiger partial charge in [0.1, 0.15) is 6.33 Å². The smallest absolute Gasteiger partial charge is 0.116 e. The van der Waals surface area contributed by atoms with Gasteiger partial charge in [0.05, 0.1) is 16.3 Å². The van der Waals surface area contributed by atoms with Gasteiger partial charge < -0.3 is 5.32 Å². The number of nitrogens with one attached hydrogen (secondary N) is 1. The lowest BCUT2D eigenvalue weighted by atomic mass is 10.1. The molecule has 0 aliphatic carbocycles. The average Bonchev–Trinajstić information content (AvgIpc) is 2.61. The minimum atomic E-state index is 0.962. The van der Waals surface area contributed by atoms with Crippen LogP contribution in [0.2, 0.25) is 0 Å². The first-order chi connectivity index (χ1) is 6.95. The minimum absolute atomic E-state index is 0.962. The van der Waals surface area contributed by atoms with E-state index in [2.05, 4.69) is 26.7 Å². The second-order valence-electron chi connectivity index (χ2n) is 3.24. The second-order valence-corrected chi connectivity index (χ2v) is 4.15. The average molecular weight is 203 g/mol. The minimum Gasteiger partial charge on any atom is -0.383 e. The molecular formula is C10H9N3S. The Morgan fingerprint density at radius 1 is 1.43 bits per heavy atom. The molecule has 3 nitrogen and oxygen atoms in total. The van der Waals surface area contributed by atoms with E-state index in [4.69, 9.17) is 0 Å². The predicted molar refractivity (Wildman–Crippen MR) is 57.5 cm³/mol. The molecule has 2 aromatic heterocycles. The van der Waals surface area contributed by atoms with E-state index >= 15 is 0 Å². The molecule has 0 fully saturated rings. The summed E-state index contributed by atoms with van der Waals surface area (Å²) in [6, 6.07) is 2.11. The van der Waals surface area contributed by atoms with Crippen LogP contribution in [0.1, 0.15) is 5.56 Å². The van der Waals surface area contributed by atoms with Gasteiger partial charge in [0.25, 0.3) is 0 Å². The molecule has 4 heteroatoms. The van der Waals surface area contributed by atoms with Crippen molar-refractivity contribution in [1.82, 2.24) is 9.97 Å². The summed E-state index contributed by atoms with van der Waals surface area (Å²) in [5.41, 5.74) is 3.53. The van der Waals surface area contributed by atoms with Gasteiger partial charge in [0, 0.05) is 12.7 Å². The van der Waals surface area contributed by atoms with Gasteiger partial charge in [0.15, 0.2) is 0 Å². The summed E-state index contributed by atoms with van der Waals surface area (Å²) in [5, 5.41) is 5.49. The Hall–Kier alpha value is -1.42. The van der Waals surface area contributed by atoms with Gasteiger partial charge >= 0.3 is 0 Å². The number of hydrogen-bond acceptors (Lipinski definition) is 4. The standard InChI is InChI=1S/C10H9N3S/c1-3-12-8-2-4-14-10(8)9-7(1)5-11-6-13-9/h2,4-6,12H,1,3H2. The van der Waals surface area contributed by atoms with Gasteiger partial charge in [-0.3, -0.25) is 0 Å². The van der Waals surface area contributed by atoms with Gasteiger partial charge in [-0.25, -0.2) is 9.97 Å². The van der Waals surface area contributed by atoms with Crippen molar-refractivity contribution in [3.8, 4) is 10.6 Å². The highest BCUT2D eigenvalue weighted by atomic mass is 32.1. The Labute approximate surface area is 85.8 Å². The first-order valence-electron chi connectivity index (χ1n) is 4.56. The SMILES string of the molecule is c1ncc2c(n1)-c1sccc1NCC2. The molecule has 0 amide bonds. The monoisotopic (exact) mass is 203 g/mol. The molecule has 3 heterocycles. The zero-order valence-electron chi connectivity index (χ0n) is 7.53. The van der Waals surface area contributed by atoms with E-state index in [1.54, 1.807) is 17.7 Å². The molecule has 70 valence electrons. The predicted octanol–water partition coefficient (Wildman–Crippen LogP) is 2.17. The Balaban J connectivity index is 2.27. The third-order valence-corrected chi connectivity index (χ3v) is 3.30. The zero-order chi connectivity index (χ0) is 9.38. The topological polar surface area (TPSA) is 37.8 Å². The molecule has 0 saturated carbocycles. The van der Waals surface area contributed by atoms with Crippen molar-refractivity contribution in [2.45, 2.75) is 6.42 Å². The summed E-state index contributed by atoms with van der Waals surface area (Å²) in [4.78, 5) is 9.65. The molecule has 0 saturated heterocycles. The van der Waals surface area contributed by atoms with Crippen molar-refractivity contribution in [3.05, 3.63) is 29.5 Å². The molecule has 1 aliphatic heterocycles. The van der Waals surface area contributed by atoms with Crippen LogP contribution in [0.25, 0.3) is 10.6 Å². The molecule has 0 unspecified atom stereocenters. The largest absolute Gasteiger partial charge is 0.383 e. The van der Waals surface area contributed by atoms with Gasteiger partial charge in [0.2, 0.25) is 0 Å². The summed E-state index contributed by atoms with van der Waals surface area (Å²) in [5.74, 6) is 0. The van der Waals surface area contributed by atoms with Crippen molar-refractivity contribution >= 4 is 17.0 Å². The summed E-state index contributed by atoms with van der Waals surface area (Å²) in [7, 11) is 0. The molecular weight excluding hydrogens is 194 g/mol. The van der Waals surface area contributed by atoms with Crippen LogP contribution >= 0.6 is 11.3 Å². The molecule has 1 N–H and O–H groups in total. The summed E-state index contributed by atoms with van der Waals surface area (Å²) < 4.78 is 0. The number of rotatable bonds is 0. The van der Waals surface area contributed by atoms with E-state index in [1.165, 1.54) is 16.1 Å². The molecule has 0 atom stereocenters. The zero-order valence-corrected chi connectivity index (χ0v) is 8.34. The quantitative estimate of drug-likeness (QED) is 0.713. The van der Waals surface area contributed by atoms with Crippen molar-refractivity contribution < 1.29 is 0 Å². The molecule has 2 aromatic rings. The Morgan fingerprint density at radius 3 is 3.43 bits per heavy atom. The molecule has 3 rings (SSSR count). The third kappa shape index (κ3) is 1.11. The second kappa shape index (κ2) is 3.06. The van der Waals surface area contributed by atoms with E-state index < -0.39 is 0 Å². The van der Waals surface area contributed by atoms with E-state index in [1.807, 2.05) is 6.20 Å². The lowest BCUT2D eigenvalue weighted by molar-refractivity contribution is 0.999. The Bertz CT molecular complexity index is 464. The number of fused-ring (bicyclic) bond motifs is 3. The van der Waals surface area contributed by atoms with Crippen LogP contribution in [0.15, 0.2) is 24.0 Å². The maximum atomic E-state index is 4.35. The van der Waals surface area contributed by atoms with Crippen LogP contribution in [0.4, 0.5) is 5.69 Å². The molecule has 14 heavy (non-hydrogen) atoms. The van der Waals surface area contributed by atoms with Crippen LogP contribution < -0.4 is 5.32 Å². The van der Waals surface area contributed by atoms with Crippen LogP contribution in [-0.2, 0) is 6.42 Å². The lowest BCUT2D eigenvalue weighted by Gasteiger charge is -2.00. The van der Waals surface area contributed by atoms with Crippen LogP contribution in [-0.4, -0.2) is 16.5 Å². The fourth-order valence-electron chi connectivity index (χ4n) is 1.71. The van der Waals surface area contributed by atoms with Crippen molar-refractivity contribution in [2.24, 2.45) is 0 Å². The van der Waals surface area contributed by atoms with Gasteiger partial charge in [-0.15, -0.1) is 11.3 Å². The van der Waals surface area contributed by atoms with Crippen molar-refractivity contribution in [2.75, 3.05) is 11.9 Å². The third-order valence-electron chi connectivity index (χ3n) is 2.38. The van der Waals surface area contributed by atoms with Crippen molar-refractivity contribution in [1.29, 1.82) is 0 Å². The highest BCUT2D eigenvalue weighted by Gasteiger charge is 2.15. The summed E-state index contributed by atoms with van der Waals surface area (Å²) in [6.07, 6.45) is 4.53. The normalized spacial score (nSPS) is 13.7. The van der Waals surface area contributed by atoms with Gasteiger partial charge in [-0.1, -0.05) is 0 Å². The van der Waals surface area contributed by atoms with E-state index in [9.17, 15) is 0 Å². The number of anilines is 1. The van der Waals surface area contributed by atoms with E-state index in [-0.39, 0.29) is 0 Å². The van der Waals surface area contributed by atoms with Crippen molar-refractivity contribution in [3.63, 3.8) is 0 Å². The Morgan fingerprint density at radius 2 is 2.43 bits per heavy atom. The molecule has 0 spiro atoms. The van der Waals surface area contributed by atoms with Crippen LogP contribution in [0.3, 0.4) is 0 Å². The fourth-order valence-corrected chi connectivity index (χ4v) is 2.61. The van der Waals surface area contributed by atoms with E-state index in [0.717, 1.165) is 18.7 Å². The molecule has 0 aromatic carbocycles. The highest BCUT2D eigenvalue weighted by Crippen LogP contribution is 2.35. The fraction of sp³-hybridized carbons (Fsp3) is 0.200. The van der Waals surface area contributed by atoms with Crippen LogP contribution in [0.5, 0.6) is 0 Å². The van der Waals surface area contributed by atoms with Gasteiger partial charge in [-0.2, -0.15) is 0 Å². The lowest BCUT2D eigenvalue weighted by Crippen LogP contribution is -2.01. The molecule has 0 radical (unpaired) electrons. The molecule has 1 aliphatic rings. The summed E-state index contributed by atoms with van der Waals surface area (Å²) >= 11 is 1.73. The summed E-state index contributed by atoms with van der Waals surface area (Å²) in [6.45, 7) is 0.962. The first kappa shape index (κ1) is 7.94. The maximum Gasteiger partial charge on any atom is 0.116 e. The van der Waals surface area contributed by atoms with E-state index in [0.29, 0.717) is 0 Å². The highest BCUT2D eigenvalue weighted by molar-refractivity contribution is 7.14. The first-order valence-corrected chi connectivity index (χ1v) is 5.44. The number of hydrogen-bond donors (Lipinski definition) is 1. The molecule has 0 bridgehead atoms. The Kier molecular flexibility index (Phi) is 1.73. The van der Waals surface area contributed by atoms with Gasteiger partial charge in [-0.05, 0) is 23.4 Å².